The number of benzene rings is 1. The smallest absolute Gasteiger partial charge is 0.303 e. The minimum absolute atomic E-state index is 0.106. The largest absolute Gasteiger partial charge is 0.506 e. The van der Waals surface area contributed by atoms with Crippen LogP contribution in [0.4, 0.5) is 0 Å². The molecule has 0 fully saturated rings. The number of carboxylic acid groups (broad SMARTS) is 1. The molecule has 0 radical (unpaired) electrons. The third-order valence-corrected chi connectivity index (χ3v) is 4.20. The average Bonchev–Trinajstić information content (AvgIpc) is 2.48. The lowest BCUT2D eigenvalue weighted by molar-refractivity contribution is -0.137. The molecule has 0 atom stereocenters. The van der Waals surface area contributed by atoms with E-state index in [2.05, 4.69) is 42.4 Å². The Bertz CT molecular complexity index is 568. The van der Waals surface area contributed by atoms with Crippen molar-refractivity contribution in [1.82, 2.24) is 5.43 Å². The Morgan fingerprint density at radius 3 is 2.22 bits per heavy atom. The van der Waals surface area contributed by atoms with E-state index >= 15 is 0 Å². The third kappa shape index (κ3) is 8.13. The van der Waals surface area contributed by atoms with Crippen LogP contribution in [-0.2, 0) is 9.59 Å². The number of unbranched alkanes of at least 4 members (excludes halogenated alkanes) is 3. The van der Waals surface area contributed by atoms with Gasteiger partial charge < -0.3 is 10.2 Å². The van der Waals surface area contributed by atoms with Gasteiger partial charge >= 0.3 is 5.97 Å². The van der Waals surface area contributed by atoms with Gasteiger partial charge in [-0.2, -0.15) is 5.10 Å². The van der Waals surface area contributed by atoms with Gasteiger partial charge in [0.1, 0.15) is 5.75 Å². The van der Waals surface area contributed by atoms with Crippen molar-refractivity contribution in [3.8, 4) is 5.75 Å². The van der Waals surface area contributed by atoms with E-state index in [-0.39, 0.29) is 18.1 Å². The highest BCUT2D eigenvalue weighted by Crippen LogP contribution is 2.32. The van der Waals surface area contributed by atoms with Gasteiger partial charge in [0.15, 0.2) is 0 Å². The zero-order valence-electron chi connectivity index (χ0n) is 12.4. The lowest BCUT2D eigenvalue weighted by atomic mass is 10.1. The number of phenolic OH excluding ortho intramolecular Hbond substituents is 1. The highest BCUT2D eigenvalue weighted by atomic mass is 79.9. The van der Waals surface area contributed by atoms with Crippen molar-refractivity contribution in [1.29, 1.82) is 0 Å². The average molecular weight is 450 g/mol. The molecule has 1 rings (SSSR count). The molecular formula is C15H18Br2N2O4. The van der Waals surface area contributed by atoms with Gasteiger partial charge in [0, 0.05) is 12.8 Å². The first-order valence-electron chi connectivity index (χ1n) is 7.12. The van der Waals surface area contributed by atoms with Crippen LogP contribution in [0.2, 0.25) is 0 Å². The van der Waals surface area contributed by atoms with Crippen LogP contribution in [0, 0.1) is 0 Å². The third-order valence-electron chi connectivity index (χ3n) is 2.99. The number of carboxylic acids is 1. The topological polar surface area (TPSA) is 99.0 Å². The number of amides is 1. The maximum Gasteiger partial charge on any atom is 0.303 e. The van der Waals surface area contributed by atoms with Gasteiger partial charge in [-0.25, -0.2) is 5.43 Å². The van der Waals surface area contributed by atoms with Crippen molar-refractivity contribution in [3.63, 3.8) is 0 Å². The summed E-state index contributed by atoms with van der Waals surface area (Å²) in [4.78, 5) is 21.9. The second-order valence-electron chi connectivity index (χ2n) is 4.93. The van der Waals surface area contributed by atoms with Crippen LogP contribution in [0.25, 0.3) is 0 Å². The van der Waals surface area contributed by atoms with E-state index in [1.807, 2.05) is 0 Å². The standard InChI is InChI=1S/C15H18Br2N2O4/c16-11-7-10(8-12(17)15(11)23)9-18-19-13(20)5-3-1-2-4-6-14(21)22/h7-9,23H,1-6H2,(H,19,20)(H,21,22)/b18-9+. The summed E-state index contributed by atoms with van der Waals surface area (Å²) in [5, 5.41) is 22.0. The van der Waals surface area contributed by atoms with Crippen LogP contribution in [-0.4, -0.2) is 28.3 Å². The molecule has 0 aromatic heterocycles. The summed E-state index contributed by atoms with van der Waals surface area (Å²) < 4.78 is 1.06. The number of carbonyl (C=O) groups excluding carboxylic acids is 1. The number of hydrogen-bond donors (Lipinski definition) is 3. The molecule has 1 aromatic carbocycles. The molecule has 0 unspecified atom stereocenters. The Morgan fingerprint density at radius 2 is 1.65 bits per heavy atom. The number of rotatable bonds is 9. The van der Waals surface area contributed by atoms with Crippen molar-refractivity contribution in [2.45, 2.75) is 38.5 Å². The van der Waals surface area contributed by atoms with Crippen LogP contribution in [0.1, 0.15) is 44.1 Å². The number of aliphatic carboxylic acids is 1. The lowest BCUT2D eigenvalue weighted by Crippen LogP contribution is -2.16. The highest BCUT2D eigenvalue weighted by molar-refractivity contribution is 9.11. The molecule has 3 N–H and O–H groups in total. The van der Waals surface area contributed by atoms with Crippen molar-refractivity contribution >= 4 is 50.0 Å². The first-order chi connectivity index (χ1) is 10.9. The molecule has 1 aromatic rings. The van der Waals surface area contributed by atoms with Crippen LogP contribution in [0.5, 0.6) is 5.75 Å². The van der Waals surface area contributed by atoms with E-state index in [0.717, 1.165) is 18.4 Å². The minimum Gasteiger partial charge on any atom is -0.506 e. The van der Waals surface area contributed by atoms with Gasteiger partial charge in [-0.15, -0.1) is 0 Å². The summed E-state index contributed by atoms with van der Waals surface area (Å²) in [5.41, 5.74) is 3.16. The molecule has 0 heterocycles. The Labute approximate surface area is 151 Å². The van der Waals surface area contributed by atoms with Crippen LogP contribution < -0.4 is 5.43 Å². The normalized spacial score (nSPS) is 10.9. The van der Waals surface area contributed by atoms with Crippen molar-refractivity contribution in [2.24, 2.45) is 5.10 Å². The molecule has 0 bridgehead atoms. The second kappa shape index (κ2) is 10.4. The van der Waals surface area contributed by atoms with E-state index in [1.54, 1.807) is 12.1 Å². The molecule has 0 aliphatic rings. The van der Waals surface area contributed by atoms with Crippen molar-refractivity contribution in [2.75, 3.05) is 0 Å². The number of nitrogens with zero attached hydrogens (tertiary/aromatic N) is 1. The predicted molar refractivity (Wildman–Crippen MR) is 94.6 cm³/mol. The van der Waals surface area contributed by atoms with Gasteiger partial charge in [0.2, 0.25) is 5.91 Å². The van der Waals surface area contributed by atoms with Crippen molar-refractivity contribution in [3.05, 3.63) is 26.6 Å². The van der Waals surface area contributed by atoms with E-state index in [4.69, 9.17) is 5.11 Å². The number of halogens is 2. The number of hydrogen-bond acceptors (Lipinski definition) is 4. The minimum atomic E-state index is -0.787. The zero-order valence-corrected chi connectivity index (χ0v) is 15.6. The number of phenols is 1. The van der Waals surface area contributed by atoms with Crippen LogP contribution in [0.15, 0.2) is 26.2 Å². The molecule has 1 amide bonds. The molecule has 8 heteroatoms. The van der Waals surface area contributed by atoms with Gasteiger partial charge in [0.25, 0.3) is 0 Å². The molecule has 0 spiro atoms. The second-order valence-corrected chi connectivity index (χ2v) is 6.64. The van der Waals surface area contributed by atoms with E-state index in [1.165, 1.54) is 6.21 Å². The lowest BCUT2D eigenvalue weighted by Gasteiger charge is -2.02. The molecule has 126 valence electrons. The predicted octanol–water partition coefficient (Wildman–Crippen LogP) is 3.79. The maximum absolute atomic E-state index is 11.6. The summed E-state index contributed by atoms with van der Waals surface area (Å²) >= 11 is 6.43. The van der Waals surface area contributed by atoms with E-state index < -0.39 is 5.97 Å². The van der Waals surface area contributed by atoms with Gasteiger partial charge in [-0.3, -0.25) is 9.59 Å². The summed E-state index contributed by atoms with van der Waals surface area (Å²) in [7, 11) is 0. The summed E-state index contributed by atoms with van der Waals surface area (Å²) in [5.74, 6) is -0.866. The SMILES string of the molecule is O=C(O)CCCCCCC(=O)N/N=C/c1cc(Br)c(O)c(Br)c1. The van der Waals surface area contributed by atoms with Gasteiger partial charge in [-0.05, 0) is 62.4 Å². The number of carbonyl (C=O) groups is 2. The van der Waals surface area contributed by atoms with Gasteiger partial charge in [-0.1, -0.05) is 12.8 Å². The highest BCUT2D eigenvalue weighted by Gasteiger charge is 2.05. The van der Waals surface area contributed by atoms with Crippen molar-refractivity contribution < 1.29 is 19.8 Å². The van der Waals surface area contributed by atoms with Crippen LogP contribution >= 0.6 is 31.9 Å². The monoisotopic (exact) mass is 448 g/mol. The summed E-state index contributed by atoms with van der Waals surface area (Å²) in [6.45, 7) is 0. The Morgan fingerprint density at radius 1 is 1.09 bits per heavy atom. The summed E-state index contributed by atoms with van der Waals surface area (Å²) in [6, 6.07) is 3.36. The molecule has 0 aliphatic carbocycles. The Kier molecular flexibility index (Phi) is 8.86. The fraction of sp³-hybridized carbons (Fsp3) is 0.400. The van der Waals surface area contributed by atoms with E-state index in [0.29, 0.717) is 28.2 Å². The molecular weight excluding hydrogens is 432 g/mol. The first-order valence-corrected chi connectivity index (χ1v) is 8.70. The fourth-order valence-corrected chi connectivity index (χ4v) is 3.03. The quantitative estimate of drug-likeness (QED) is 0.303. The molecule has 6 nitrogen and oxygen atoms in total. The number of hydrazone groups is 1. The molecule has 0 aliphatic heterocycles. The first kappa shape index (κ1) is 19.6. The molecule has 0 saturated carbocycles. The maximum atomic E-state index is 11.6. The van der Waals surface area contributed by atoms with Crippen LogP contribution in [0.3, 0.4) is 0 Å². The molecule has 0 saturated heterocycles. The van der Waals surface area contributed by atoms with E-state index in [9.17, 15) is 14.7 Å². The summed E-state index contributed by atoms with van der Waals surface area (Å²) in [6.07, 6.45) is 4.99. The Balaban J connectivity index is 2.26. The van der Waals surface area contributed by atoms with Gasteiger partial charge in [0.05, 0.1) is 15.2 Å². The molecule has 23 heavy (non-hydrogen) atoms. The zero-order chi connectivity index (χ0) is 17.2. The Hall–Kier alpha value is -1.41. The number of aromatic hydroxyl groups is 1. The fourth-order valence-electron chi connectivity index (χ4n) is 1.81. The number of nitrogens with one attached hydrogen (secondary N) is 1.